The summed E-state index contributed by atoms with van der Waals surface area (Å²) in [6, 6.07) is 9.90. The van der Waals surface area contributed by atoms with E-state index in [1.807, 2.05) is 13.0 Å². The van der Waals surface area contributed by atoms with Crippen LogP contribution in [0.1, 0.15) is 27.3 Å². The quantitative estimate of drug-likeness (QED) is 0.898. The van der Waals surface area contributed by atoms with E-state index in [1.165, 1.54) is 11.1 Å². The van der Waals surface area contributed by atoms with Crippen molar-refractivity contribution in [3.63, 3.8) is 0 Å². The summed E-state index contributed by atoms with van der Waals surface area (Å²) in [5.41, 5.74) is 3.45. The Balaban J connectivity index is 2.08. The van der Waals surface area contributed by atoms with E-state index in [2.05, 4.69) is 30.2 Å². The maximum atomic E-state index is 10.8. The van der Waals surface area contributed by atoms with Crippen LogP contribution in [0.4, 0.5) is 0 Å². The predicted molar refractivity (Wildman–Crippen MR) is 68.8 cm³/mol. The van der Waals surface area contributed by atoms with Gasteiger partial charge >= 0.3 is 5.97 Å². The lowest BCUT2D eigenvalue weighted by atomic mass is 10.1. The van der Waals surface area contributed by atoms with Crippen molar-refractivity contribution in [1.82, 2.24) is 9.78 Å². The summed E-state index contributed by atoms with van der Waals surface area (Å²) in [6.45, 7) is 4.63. The van der Waals surface area contributed by atoms with Crippen LogP contribution < -0.4 is 0 Å². The number of benzene rings is 1. The predicted octanol–water partition coefficient (Wildman–Crippen LogP) is 2.44. The van der Waals surface area contributed by atoms with Crippen LogP contribution in [-0.4, -0.2) is 20.9 Å². The molecule has 1 aromatic heterocycles. The Kier molecular flexibility index (Phi) is 3.46. The zero-order valence-corrected chi connectivity index (χ0v) is 10.6. The van der Waals surface area contributed by atoms with Crippen LogP contribution in [0.3, 0.4) is 0 Å². The van der Waals surface area contributed by atoms with Crippen LogP contribution in [0.15, 0.2) is 30.3 Å². The van der Waals surface area contributed by atoms with Gasteiger partial charge in [0.1, 0.15) is 0 Å². The Morgan fingerprint density at radius 3 is 2.72 bits per heavy atom. The van der Waals surface area contributed by atoms with Crippen LogP contribution in [0.25, 0.3) is 0 Å². The second-order valence-electron chi connectivity index (χ2n) is 4.44. The highest BCUT2D eigenvalue weighted by Gasteiger charge is 2.10. The van der Waals surface area contributed by atoms with Gasteiger partial charge in [-0.15, -0.1) is 0 Å². The smallest absolute Gasteiger partial charge is 0.356 e. The summed E-state index contributed by atoms with van der Waals surface area (Å²) in [7, 11) is 0. The molecule has 4 nitrogen and oxygen atoms in total. The van der Waals surface area contributed by atoms with Gasteiger partial charge in [-0.2, -0.15) is 5.10 Å². The molecule has 2 aromatic rings. The number of carbonyl (C=O) groups is 1. The van der Waals surface area contributed by atoms with Crippen molar-refractivity contribution in [3.05, 3.63) is 52.8 Å². The van der Waals surface area contributed by atoms with E-state index in [1.54, 1.807) is 10.7 Å². The fourth-order valence-electron chi connectivity index (χ4n) is 1.94. The summed E-state index contributed by atoms with van der Waals surface area (Å²) in [5.74, 6) is -0.979. The van der Waals surface area contributed by atoms with Gasteiger partial charge in [0.25, 0.3) is 0 Å². The lowest BCUT2D eigenvalue weighted by Gasteiger charge is -2.05. The molecule has 0 aliphatic carbocycles. The van der Waals surface area contributed by atoms with E-state index < -0.39 is 5.97 Å². The van der Waals surface area contributed by atoms with Gasteiger partial charge in [-0.1, -0.05) is 29.8 Å². The fourth-order valence-corrected chi connectivity index (χ4v) is 1.94. The topological polar surface area (TPSA) is 55.1 Å². The highest BCUT2D eigenvalue weighted by atomic mass is 16.4. The molecule has 0 aliphatic heterocycles. The van der Waals surface area contributed by atoms with Crippen molar-refractivity contribution >= 4 is 5.97 Å². The Morgan fingerprint density at radius 1 is 1.33 bits per heavy atom. The van der Waals surface area contributed by atoms with Crippen molar-refractivity contribution in [2.45, 2.75) is 26.8 Å². The van der Waals surface area contributed by atoms with E-state index in [4.69, 9.17) is 5.11 Å². The molecular weight excluding hydrogens is 228 g/mol. The Morgan fingerprint density at radius 2 is 2.11 bits per heavy atom. The first kappa shape index (κ1) is 12.4. The number of aryl methyl sites for hydroxylation is 4. The van der Waals surface area contributed by atoms with Crippen LogP contribution >= 0.6 is 0 Å². The molecule has 4 heteroatoms. The molecule has 94 valence electrons. The lowest BCUT2D eigenvalue weighted by Crippen LogP contribution is -2.07. The average Bonchev–Trinajstić information content (AvgIpc) is 2.68. The summed E-state index contributed by atoms with van der Waals surface area (Å²) < 4.78 is 1.74. The standard InChI is InChI=1S/C14H16N2O2/c1-10-4-3-5-12(8-10)6-7-16-11(2)9-13(15-16)14(17)18/h3-5,8-9H,6-7H2,1-2H3,(H,17,18). The molecule has 0 radical (unpaired) electrons. The normalized spacial score (nSPS) is 10.6. The number of hydrogen-bond donors (Lipinski definition) is 1. The first-order chi connectivity index (χ1) is 8.56. The molecular formula is C14H16N2O2. The number of carboxylic acid groups (broad SMARTS) is 1. The number of aromatic carboxylic acids is 1. The van der Waals surface area contributed by atoms with Gasteiger partial charge in [0, 0.05) is 12.2 Å². The molecule has 0 aliphatic rings. The molecule has 0 saturated carbocycles. The summed E-state index contributed by atoms with van der Waals surface area (Å²) in [4.78, 5) is 10.8. The number of nitrogens with zero attached hydrogens (tertiary/aromatic N) is 2. The minimum atomic E-state index is -0.979. The third-order valence-electron chi connectivity index (χ3n) is 2.90. The zero-order valence-electron chi connectivity index (χ0n) is 10.6. The zero-order chi connectivity index (χ0) is 13.1. The molecule has 1 heterocycles. The molecule has 0 spiro atoms. The molecule has 1 N–H and O–H groups in total. The maximum Gasteiger partial charge on any atom is 0.356 e. The average molecular weight is 244 g/mol. The molecule has 0 amide bonds. The Hall–Kier alpha value is -2.10. The highest BCUT2D eigenvalue weighted by Crippen LogP contribution is 2.08. The van der Waals surface area contributed by atoms with Crippen LogP contribution in [0, 0.1) is 13.8 Å². The minimum absolute atomic E-state index is 0.108. The second kappa shape index (κ2) is 5.04. The van der Waals surface area contributed by atoms with E-state index in [-0.39, 0.29) is 5.69 Å². The van der Waals surface area contributed by atoms with Gasteiger partial charge in [0.05, 0.1) is 0 Å². The van der Waals surface area contributed by atoms with Crippen LogP contribution in [-0.2, 0) is 13.0 Å². The molecule has 1 aromatic carbocycles. The van der Waals surface area contributed by atoms with Crippen LogP contribution in [0.2, 0.25) is 0 Å². The summed E-state index contributed by atoms with van der Waals surface area (Å²) >= 11 is 0. The maximum absolute atomic E-state index is 10.8. The third kappa shape index (κ3) is 2.77. The lowest BCUT2D eigenvalue weighted by molar-refractivity contribution is 0.0689. The Labute approximate surface area is 106 Å². The summed E-state index contributed by atoms with van der Waals surface area (Å²) in [6.07, 6.45) is 0.850. The molecule has 0 unspecified atom stereocenters. The SMILES string of the molecule is Cc1cccc(CCn2nc(C(=O)O)cc2C)c1. The van der Waals surface area contributed by atoms with Gasteiger partial charge in [-0.3, -0.25) is 4.68 Å². The van der Waals surface area contributed by atoms with E-state index in [0.717, 1.165) is 12.1 Å². The van der Waals surface area contributed by atoms with Crippen molar-refractivity contribution < 1.29 is 9.90 Å². The molecule has 0 atom stereocenters. The largest absolute Gasteiger partial charge is 0.476 e. The molecule has 0 saturated heterocycles. The summed E-state index contributed by atoms with van der Waals surface area (Å²) in [5, 5.41) is 12.9. The van der Waals surface area contributed by atoms with E-state index >= 15 is 0 Å². The van der Waals surface area contributed by atoms with Gasteiger partial charge in [-0.25, -0.2) is 4.79 Å². The van der Waals surface area contributed by atoms with Crippen molar-refractivity contribution in [2.75, 3.05) is 0 Å². The highest BCUT2D eigenvalue weighted by molar-refractivity contribution is 5.85. The number of carboxylic acids is 1. The first-order valence-corrected chi connectivity index (χ1v) is 5.89. The van der Waals surface area contributed by atoms with Crippen molar-refractivity contribution in [3.8, 4) is 0 Å². The molecule has 0 bridgehead atoms. The van der Waals surface area contributed by atoms with E-state index in [9.17, 15) is 4.79 Å². The first-order valence-electron chi connectivity index (χ1n) is 5.89. The minimum Gasteiger partial charge on any atom is -0.476 e. The monoisotopic (exact) mass is 244 g/mol. The van der Waals surface area contributed by atoms with Gasteiger partial charge in [0.15, 0.2) is 5.69 Å². The second-order valence-corrected chi connectivity index (χ2v) is 4.44. The number of rotatable bonds is 4. The molecule has 0 fully saturated rings. The molecule has 2 rings (SSSR count). The fraction of sp³-hybridized carbons (Fsp3) is 0.286. The third-order valence-corrected chi connectivity index (χ3v) is 2.90. The number of hydrogen-bond acceptors (Lipinski definition) is 2. The van der Waals surface area contributed by atoms with E-state index in [0.29, 0.717) is 6.54 Å². The van der Waals surface area contributed by atoms with Crippen molar-refractivity contribution in [2.24, 2.45) is 0 Å². The Bertz CT molecular complexity index is 573. The van der Waals surface area contributed by atoms with Crippen LogP contribution in [0.5, 0.6) is 0 Å². The van der Waals surface area contributed by atoms with Gasteiger partial charge < -0.3 is 5.11 Å². The van der Waals surface area contributed by atoms with Crippen molar-refractivity contribution in [1.29, 1.82) is 0 Å². The van der Waals surface area contributed by atoms with Gasteiger partial charge in [-0.05, 0) is 31.9 Å². The molecule has 18 heavy (non-hydrogen) atoms. The van der Waals surface area contributed by atoms with Gasteiger partial charge in [0.2, 0.25) is 0 Å². The number of aromatic nitrogens is 2.